The summed E-state index contributed by atoms with van der Waals surface area (Å²) in [7, 11) is 0. The lowest BCUT2D eigenvalue weighted by Crippen LogP contribution is -2.37. The first-order valence-corrected chi connectivity index (χ1v) is 7.21. The minimum Gasteiger partial charge on any atom is -0.296 e. The molecule has 0 saturated heterocycles. The number of nitrogens with one attached hydrogen (secondary N) is 1. The molecule has 0 aliphatic carbocycles. The second-order valence-corrected chi connectivity index (χ2v) is 5.17. The lowest BCUT2D eigenvalue weighted by Gasteiger charge is -2.11. The van der Waals surface area contributed by atoms with Gasteiger partial charge in [0.15, 0.2) is 0 Å². The average molecular weight is 308 g/mol. The fraction of sp³-hybridized carbons (Fsp3) is 0.118. The van der Waals surface area contributed by atoms with Crippen LogP contribution >= 0.6 is 0 Å². The largest absolute Gasteiger partial charge is 0.296 e. The molecule has 1 aromatic heterocycles. The van der Waals surface area contributed by atoms with Crippen LogP contribution in [0, 0.1) is 0 Å². The van der Waals surface area contributed by atoms with Gasteiger partial charge in [0.1, 0.15) is 12.2 Å². The molecule has 0 saturated carbocycles. The molecule has 3 aromatic rings. The van der Waals surface area contributed by atoms with E-state index in [2.05, 4.69) is 10.4 Å². The summed E-state index contributed by atoms with van der Waals surface area (Å²) in [6, 6.07) is 16.9. The van der Waals surface area contributed by atoms with Crippen molar-refractivity contribution in [3.05, 3.63) is 76.2 Å². The number of carbonyl (C=O) groups excluding carboxylic acids is 1. The highest BCUT2D eigenvalue weighted by Crippen LogP contribution is 2.12. The third-order valence-corrected chi connectivity index (χ3v) is 3.60. The highest BCUT2D eigenvalue weighted by atomic mass is 16.2. The SMILES string of the molecule is NNC(=O)Cn1c(=O)c(Cc2ccccc2)nc2ccccc21. The normalized spacial score (nSPS) is 10.7. The number of amides is 1. The molecule has 0 radical (unpaired) electrons. The molecule has 116 valence electrons. The van der Waals surface area contributed by atoms with Crippen molar-refractivity contribution in [2.45, 2.75) is 13.0 Å². The fourth-order valence-electron chi connectivity index (χ4n) is 2.50. The van der Waals surface area contributed by atoms with Crippen molar-refractivity contribution < 1.29 is 4.79 Å². The number of hydrogen-bond donors (Lipinski definition) is 2. The van der Waals surface area contributed by atoms with Gasteiger partial charge in [0.05, 0.1) is 11.0 Å². The first-order chi connectivity index (χ1) is 11.2. The van der Waals surface area contributed by atoms with Crippen LogP contribution in [0.15, 0.2) is 59.4 Å². The zero-order valence-corrected chi connectivity index (χ0v) is 12.4. The molecule has 3 rings (SSSR count). The van der Waals surface area contributed by atoms with Gasteiger partial charge < -0.3 is 0 Å². The van der Waals surface area contributed by atoms with Crippen molar-refractivity contribution in [3.8, 4) is 0 Å². The van der Waals surface area contributed by atoms with Crippen LogP contribution in [0.4, 0.5) is 0 Å². The van der Waals surface area contributed by atoms with Gasteiger partial charge in [0.2, 0.25) is 0 Å². The van der Waals surface area contributed by atoms with Crippen LogP contribution < -0.4 is 16.8 Å². The molecule has 6 nitrogen and oxygen atoms in total. The highest BCUT2D eigenvalue weighted by Gasteiger charge is 2.13. The van der Waals surface area contributed by atoms with Crippen molar-refractivity contribution in [1.29, 1.82) is 0 Å². The number of rotatable bonds is 4. The predicted octanol–water partition coefficient (Wildman–Crippen LogP) is 0.977. The molecule has 0 fully saturated rings. The molecular formula is C17H16N4O2. The molecule has 0 spiro atoms. The molecule has 0 atom stereocenters. The summed E-state index contributed by atoms with van der Waals surface area (Å²) in [5.41, 5.74) is 4.44. The van der Waals surface area contributed by atoms with Gasteiger partial charge in [0.25, 0.3) is 11.5 Å². The van der Waals surface area contributed by atoms with Gasteiger partial charge in [0, 0.05) is 6.42 Å². The van der Waals surface area contributed by atoms with E-state index < -0.39 is 5.91 Å². The number of hydrazine groups is 1. The molecular weight excluding hydrogens is 292 g/mol. The summed E-state index contributed by atoms with van der Waals surface area (Å²) in [4.78, 5) is 28.8. The number of fused-ring (bicyclic) bond motifs is 1. The summed E-state index contributed by atoms with van der Waals surface area (Å²) < 4.78 is 1.41. The molecule has 3 N–H and O–H groups in total. The number of nitrogens with zero attached hydrogens (tertiary/aromatic N) is 2. The van der Waals surface area contributed by atoms with Crippen molar-refractivity contribution in [2.75, 3.05) is 0 Å². The lowest BCUT2D eigenvalue weighted by atomic mass is 10.1. The number of para-hydroxylation sites is 2. The number of hydrogen-bond acceptors (Lipinski definition) is 4. The standard InChI is InChI=1S/C17H16N4O2/c18-20-16(22)11-21-15-9-5-4-8-13(15)19-14(17(21)23)10-12-6-2-1-3-7-12/h1-9H,10-11,18H2,(H,20,22). The molecule has 23 heavy (non-hydrogen) atoms. The monoisotopic (exact) mass is 308 g/mol. The first kappa shape index (κ1) is 14.9. The molecule has 0 aliphatic heterocycles. The van der Waals surface area contributed by atoms with Crippen LogP contribution in [-0.4, -0.2) is 15.5 Å². The van der Waals surface area contributed by atoms with Gasteiger partial charge in [-0.05, 0) is 17.7 Å². The van der Waals surface area contributed by atoms with E-state index in [-0.39, 0.29) is 12.1 Å². The quantitative estimate of drug-likeness (QED) is 0.427. The molecule has 1 heterocycles. The Hall–Kier alpha value is -2.99. The minimum absolute atomic E-state index is 0.139. The molecule has 0 bridgehead atoms. The summed E-state index contributed by atoms with van der Waals surface area (Å²) in [5.74, 6) is 4.71. The molecule has 0 aliphatic rings. The zero-order chi connectivity index (χ0) is 16.2. The number of aromatic nitrogens is 2. The Labute approximate surface area is 132 Å². The predicted molar refractivity (Wildman–Crippen MR) is 87.6 cm³/mol. The molecule has 2 aromatic carbocycles. The number of carbonyl (C=O) groups is 1. The highest BCUT2D eigenvalue weighted by molar-refractivity contribution is 5.79. The first-order valence-electron chi connectivity index (χ1n) is 7.21. The van der Waals surface area contributed by atoms with Crippen LogP contribution in [-0.2, 0) is 17.8 Å². The van der Waals surface area contributed by atoms with Crippen LogP contribution in [0.5, 0.6) is 0 Å². The van der Waals surface area contributed by atoms with Gasteiger partial charge >= 0.3 is 0 Å². The number of benzene rings is 2. The Morgan fingerprint density at radius 3 is 2.52 bits per heavy atom. The van der Waals surface area contributed by atoms with Gasteiger partial charge in [-0.15, -0.1) is 0 Å². The second kappa shape index (κ2) is 6.41. The van der Waals surface area contributed by atoms with Gasteiger partial charge in [-0.25, -0.2) is 10.8 Å². The van der Waals surface area contributed by atoms with E-state index in [0.29, 0.717) is 23.1 Å². The van der Waals surface area contributed by atoms with E-state index in [0.717, 1.165) is 5.56 Å². The van der Waals surface area contributed by atoms with Gasteiger partial charge in [-0.2, -0.15) is 0 Å². The topological polar surface area (TPSA) is 90.0 Å². The molecule has 1 amide bonds. The van der Waals surface area contributed by atoms with E-state index in [4.69, 9.17) is 5.84 Å². The maximum absolute atomic E-state index is 12.7. The van der Waals surface area contributed by atoms with E-state index in [1.165, 1.54) is 4.57 Å². The van der Waals surface area contributed by atoms with Crippen LogP contribution in [0.3, 0.4) is 0 Å². The zero-order valence-electron chi connectivity index (χ0n) is 12.4. The summed E-state index contributed by atoms with van der Waals surface area (Å²) >= 11 is 0. The smallest absolute Gasteiger partial charge is 0.273 e. The van der Waals surface area contributed by atoms with Gasteiger partial charge in [-0.1, -0.05) is 42.5 Å². The van der Waals surface area contributed by atoms with Crippen molar-refractivity contribution in [2.24, 2.45) is 5.84 Å². The summed E-state index contributed by atoms with van der Waals surface area (Å²) in [6.45, 7) is -0.139. The van der Waals surface area contributed by atoms with Crippen molar-refractivity contribution in [3.63, 3.8) is 0 Å². The maximum atomic E-state index is 12.7. The van der Waals surface area contributed by atoms with Crippen molar-refractivity contribution in [1.82, 2.24) is 15.0 Å². The molecule has 6 heteroatoms. The van der Waals surface area contributed by atoms with Crippen LogP contribution in [0.1, 0.15) is 11.3 Å². The summed E-state index contributed by atoms with van der Waals surface area (Å²) in [5, 5.41) is 0. The Morgan fingerprint density at radius 1 is 1.09 bits per heavy atom. The van der Waals surface area contributed by atoms with E-state index in [9.17, 15) is 9.59 Å². The Balaban J connectivity index is 2.13. The van der Waals surface area contributed by atoms with E-state index >= 15 is 0 Å². The van der Waals surface area contributed by atoms with E-state index in [1.807, 2.05) is 42.5 Å². The minimum atomic E-state index is -0.436. The van der Waals surface area contributed by atoms with Crippen molar-refractivity contribution >= 4 is 16.9 Å². The maximum Gasteiger partial charge on any atom is 0.273 e. The second-order valence-electron chi connectivity index (χ2n) is 5.17. The Bertz CT molecular complexity index is 903. The van der Waals surface area contributed by atoms with Crippen LogP contribution in [0.25, 0.3) is 11.0 Å². The number of nitrogens with two attached hydrogens (primary N) is 1. The average Bonchev–Trinajstić information content (AvgIpc) is 2.59. The summed E-state index contributed by atoms with van der Waals surface area (Å²) in [6.07, 6.45) is 0.411. The lowest BCUT2D eigenvalue weighted by molar-refractivity contribution is -0.121. The molecule has 0 unspecified atom stereocenters. The third-order valence-electron chi connectivity index (χ3n) is 3.60. The van der Waals surface area contributed by atoms with Crippen LogP contribution in [0.2, 0.25) is 0 Å². The Morgan fingerprint density at radius 2 is 1.78 bits per heavy atom. The van der Waals surface area contributed by atoms with Gasteiger partial charge in [-0.3, -0.25) is 19.6 Å². The third kappa shape index (κ3) is 3.12. The Kier molecular flexibility index (Phi) is 4.16. The van der Waals surface area contributed by atoms with E-state index in [1.54, 1.807) is 12.1 Å². The fourth-order valence-corrected chi connectivity index (χ4v) is 2.50.